The van der Waals surface area contributed by atoms with Crippen LogP contribution in [0.4, 0.5) is 0 Å². The Hall–Kier alpha value is -1.39. The highest BCUT2D eigenvalue weighted by atomic mass is 35.5. The lowest BCUT2D eigenvalue weighted by atomic mass is 10.5. The number of hydrogen-bond acceptors (Lipinski definition) is 3. The molecule has 0 aliphatic carbocycles. The molecule has 3 aromatic rings. The first kappa shape index (κ1) is 8.88. The summed E-state index contributed by atoms with van der Waals surface area (Å²) < 4.78 is 1.90. The quantitative estimate of drug-likeness (QED) is 0.649. The second-order valence-corrected chi connectivity index (χ2v) is 4.41. The summed E-state index contributed by atoms with van der Waals surface area (Å²) in [6, 6.07) is 3.72. The van der Waals surface area contributed by atoms with Crippen LogP contribution >= 0.6 is 22.9 Å². The van der Waals surface area contributed by atoms with Gasteiger partial charge in [0.15, 0.2) is 0 Å². The fourth-order valence-corrected chi connectivity index (χ4v) is 2.18. The molecule has 0 atom stereocenters. The van der Waals surface area contributed by atoms with Gasteiger partial charge in [-0.25, -0.2) is 9.97 Å². The predicted molar refractivity (Wildman–Crippen MR) is 61.3 cm³/mol. The van der Waals surface area contributed by atoms with E-state index in [1.807, 2.05) is 34.3 Å². The molecule has 0 amide bonds. The van der Waals surface area contributed by atoms with Crippen LogP contribution in [-0.4, -0.2) is 14.4 Å². The highest BCUT2D eigenvalue weighted by Gasteiger charge is 2.05. The van der Waals surface area contributed by atoms with Crippen molar-refractivity contribution < 1.29 is 0 Å². The maximum atomic E-state index is 5.89. The molecule has 3 heterocycles. The number of aromatic nitrogens is 3. The zero-order valence-corrected chi connectivity index (χ0v) is 9.16. The van der Waals surface area contributed by atoms with E-state index in [2.05, 4.69) is 9.97 Å². The molecule has 74 valence electrons. The topological polar surface area (TPSA) is 30.2 Å². The first-order valence-electron chi connectivity index (χ1n) is 4.37. The Balaban J connectivity index is 2.22. The number of nitrogens with zero attached hydrogens (tertiary/aromatic N) is 3. The standard InChI is InChI=1S/C10H6ClN3S/c11-7-1-2-9-13-8(6-14(9)5-7)10-12-3-4-15-10/h1-6H. The van der Waals surface area contributed by atoms with E-state index in [1.54, 1.807) is 17.5 Å². The molecule has 0 aromatic carbocycles. The molecular weight excluding hydrogens is 230 g/mol. The molecule has 15 heavy (non-hydrogen) atoms. The van der Waals surface area contributed by atoms with Gasteiger partial charge in [0.1, 0.15) is 16.3 Å². The van der Waals surface area contributed by atoms with E-state index in [0.717, 1.165) is 16.3 Å². The molecule has 0 aliphatic rings. The fourth-order valence-electron chi connectivity index (χ4n) is 1.42. The Morgan fingerprint density at radius 2 is 2.20 bits per heavy atom. The van der Waals surface area contributed by atoms with Crippen molar-refractivity contribution in [3.8, 4) is 10.7 Å². The molecule has 0 saturated carbocycles. The van der Waals surface area contributed by atoms with Gasteiger partial charge in [-0.05, 0) is 12.1 Å². The van der Waals surface area contributed by atoms with Crippen molar-refractivity contribution in [1.82, 2.24) is 14.4 Å². The monoisotopic (exact) mass is 235 g/mol. The molecule has 0 spiro atoms. The van der Waals surface area contributed by atoms with Gasteiger partial charge in [-0.3, -0.25) is 0 Å². The van der Waals surface area contributed by atoms with Gasteiger partial charge in [0.2, 0.25) is 0 Å². The number of hydrogen-bond donors (Lipinski definition) is 0. The third-order valence-electron chi connectivity index (χ3n) is 2.07. The summed E-state index contributed by atoms with van der Waals surface area (Å²) in [5, 5.41) is 3.56. The van der Waals surface area contributed by atoms with Crippen LogP contribution in [0.5, 0.6) is 0 Å². The van der Waals surface area contributed by atoms with Crippen molar-refractivity contribution in [1.29, 1.82) is 0 Å². The molecule has 0 fully saturated rings. The van der Waals surface area contributed by atoms with Crippen LogP contribution in [0, 0.1) is 0 Å². The van der Waals surface area contributed by atoms with Crippen LogP contribution in [0.3, 0.4) is 0 Å². The van der Waals surface area contributed by atoms with Gasteiger partial charge >= 0.3 is 0 Å². The summed E-state index contributed by atoms with van der Waals surface area (Å²) in [5.74, 6) is 0. The SMILES string of the molecule is Clc1ccc2nc(-c3nccs3)cn2c1. The maximum Gasteiger partial charge on any atom is 0.143 e. The summed E-state index contributed by atoms with van der Waals surface area (Å²) in [6.07, 6.45) is 5.54. The summed E-state index contributed by atoms with van der Waals surface area (Å²) in [4.78, 5) is 8.66. The molecule has 0 aliphatic heterocycles. The van der Waals surface area contributed by atoms with Crippen LogP contribution in [-0.2, 0) is 0 Å². The van der Waals surface area contributed by atoms with Crippen molar-refractivity contribution in [2.24, 2.45) is 0 Å². The Labute approximate surface area is 95.0 Å². The van der Waals surface area contributed by atoms with Crippen LogP contribution < -0.4 is 0 Å². The number of fused-ring (bicyclic) bond motifs is 1. The Kier molecular flexibility index (Phi) is 1.97. The molecular formula is C10H6ClN3S. The number of pyridine rings is 1. The van der Waals surface area contributed by atoms with Gasteiger partial charge in [0, 0.05) is 24.0 Å². The van der Waals surface area contributed by atoms with E-state index in [4.69, 9.17) is 11.6 Å². The summed E-state index contributed by atoms with van der Waals surface area (Å²) in [7, 11) is 0. The molecule has 5 heteroatoms. The minimum Gasteiger partial charge on any atom is -0.305 e. The van der Waals surface area contributed by atoms with Gasteiger partial charge in [-0.2, -0.15) is 0 Å². The van der Waals surface area contributed by atoms with Crippen LogP contribution in [0.1, 0.15) is 0 Å². The van der Waals surface area contributed by atoms with Gasteiger partial charge in [0.25, 0.3) is 0 Å². The van der Waals surface area contributed by atoms with E-state index in [9.17, 15) is 0 Å². The lowest BCUT2D eigenvalue weighted by Crippen LogP contribution is -1.79. The normalized spacial score (nSPS) is 11.0. The van der Waals surface area contributed by atoms with Crippen molar-refractivity contribution in [2.45, 2.75) is 0 Å². The van der Waals surface area contributed by atoms with E-state index in [0.29, 0.717) is 5.02 Å². The van der Waals surface area contributed by atoms with Gasteiger partial charge < -0.3 is 4.40 Å². The fraction of sp³-hybridized carbons (Fsp3) is 0. The zero-order valence-electron chi connectivity index (χ0n) is 7.59. The van der Waals surface area contributed by atoms with Crippen LogP contribution in [0.2, 0.25) is 5.02 Å². The van der Waals surface area contributed by atoms with Crippen molar-refractivity contribution >= 4 is 28.6 Å². The van der Waals surface area contributed by atoms with E-state index in [-0.39, 0.29) is 0 Å². The zero-order chi connectivity index (χ0) is 10.3. The summed E-state index contributed by atoms with van der Waals surface area (Å²) in [6.45, 7) is 0. The number of rotatable bonds is 1. The Bertz CT molecular complexity index is 600. The first-order valence-corrected chi connectivity index (χ1v) is 5.63. The lowest BCUT2D eigenvalue weighted by molar-refractivity contribution is 1.19. The average Bonchev–Trinajstić information content (AvgIpc) is 2.84. The molecule has 0 unspecified atom stereocenters. The predicted octanol–water partition coefficient (Wildman–Crippen LogP) is 3.11. The van der Waals surface area contributed by atoms with Crippen molar-refractivity contribution in [3.63, 3.8) is 0 Å². The minimum atomic E-state index is 0.700. The van der Waals surface area contributed by atoms with Gasteiger partial charge in [-0.15, -0.1) is 11.3 Å². The highest BCUT2D eigenvalue weighted by Crippen LogP contribution is 2.22. The Morgan fingerprint density at radius 1 is 1.27 bits per heavy atom. The molecule has 0 radical (unpaired) electrons. The van der Waals surface area contributed by atoms with Crippen molar-refractivity contribution in [3.05, 3.63) is 41.1 Å². The molecule has 3 aromatic heterocycles. The highest BCUT2D eigenvalue weighted by molar-refractivity contribution is 7.13. The molecule has 3 rings (SSSR count). The first-order chi connectivity index (χ1) is 7.33. The van der Waals surface area contributed by atoms with Gasteiger partial charge in [-0.1, -0.05) is 11.6 Å². The summed E-state index contributed by atoms with van der Waals surface area (Å²) in [5.41, 5.74) is 1.76. The van der Waals surface area contributed by atoms with E-state index < -0.39 is 0 Å². The maximum absolute atomic E-state index is 5.89. The van der Waals surface area contributed by atoms with E-state index >= 15 is 0 Å². The second kappa shape index (κ2) is 3.32. The van der Waals surface area contributed by atoms with Crippen LogP contribution in [0.25, 0.3) is 16.3 Å². The molecule has 0 N–H and O–H groups in total. The number of halogens is 1. The second-order valence-electron chi connectivity index (χ2n) is 3.08. The average molecular weight is 236 g/mol. The Morgan fingerprint density at radius 3 is 3.00 bits per heavy atom. The third kappa shape index (κ3) is 1.52. The van der Waals surface area contributed by atoms with Crippen LogP contribution in [0.15, 0.2) is 36.1 Å². The van der Waals surface area contributed by atoms with Gasteiger partial charge in [0.05, 0.1) is 5.02 Å². The smallest absolute Gasteiger partial charge is 0.143 e. The molecule has 0 saturated heterocycles. The number of thiazole rings is 1. The number of imidazole rings is 1. The minimum absolute atomic E-state index is 0.700. The van der Waals surface area contributed by atoms with E-state index in [1.165, 1.54) is 0 Å². The summed E-state index contributed by atoms with van der Waals surface area (Å²) >= 11 is 7.47. The third-order valence-corrected chi connectivity index (χ3v) is 3.09. The largest absolute Gasteiger partial charge is 0.305 e. The lowest BCUT2D eigenvalue weighted by Gasteiger charge is -1.91. The molecule has 0 bridgehead atoms. The molecule has 3 nitrogen and oxygen atoms in total. The van der Waals surface area contributed by atoms with Crippen molar-refractivity contribution in [2.75, 3.05) is 0 Å².